The number of benzene rings is 1. The van der Waals surface area contributed by atoms with E-state index in [9.17, 15) is 4.79 Å². The molecule has 0 heterocycles. The van der Waals surface area contributed by atoms with Crippen LogP contribution in [-0.2, 0) is 11.2 Å². The van der Waals surface area contributed by atoms with E-state index in [1.165, 1.54) is 0 Å². The van der Waals surface area contributed by atoms with Crippen LogP contribution in [0.4, 0.5) is 0 Å². The van der Waals surface area contributed by atoms with Gasteiger partial charge in [-0.2, -0.15) is 0 Å². The van der Waals surface area contributed by atoms with Gasteiger partial charge in [0.05, 0.1) is 0 Å². The van der Waals surface area contributed by atoms with Crippen LogP contribution in [0.2, 0.25) is 5.02 Å². The third-order valence-electron chi connectivity index (χ3n) is 1.92. The van der Waals surface area contributed by atoms with Crippen molar-refractivity contribution in [2.45, 2.75) is 19.3 Å². The zero-order valence-electron chi connectivity index (χ0n) is 8.00. The van der Waals surface area contributed by atoms with Crippen LogP contribution in [0.1, 0.15) is 18.4 Å². The van der Waals surface area contributed by atoms with E-state index in [-0.39, 0.29) is 5.78 Å². The van der Waals surface area contributed by atoms with Crippen molar-refractivity contribution in [1.29, 1.82) is 0 Å². The number of hydrogen-bond donors (Lipinski definition) is 0. The van der Waals surface area contributed by atoms with Crippen molar-refractivity contribution in [2.75, 3.05) is 0 Å². The second kappa shape index (κ2) is 5.61. The van der Waals surface area contributed by atoms with E-state index in [0.717, 1.165) is 12.0 Å². The van der Waals surface area contributed by atoms with Crippen LogP contribution >= 0.6 is 11.6 Å². The molecule has 1 aromatic carbocycles. The molecule has 0 fully saturated rings. The number of ketones is 1. The minimum atomic E-state index is 0.229. The number of allylic oxidation sites excluding steroid dienone is 1. The van der Waals surface area contributed by atoms with Gasteiger partial charge in [-0.05, 0) is 24.1 Å². The summed E-state index contributed by atoms with van der Waals surface area (Å²) in [5, 5.41) is 0.680. The lowest BCUT2D eigenvalue weighted by molar-refractivity contribution is -0.118. The average Bonchev–Trinajstić information content (AvgIpc) is 2.15. The van der Waals surface area contributed by atoms with Crippen molar-refractivity contribution in [3.05, 3.63) is 47.5 Å². The van der Waals surface area contributed by atoms with Gasteiger partial charge >= 0.3 is 0 Å². The quantitative estimate of drug-likeness (QED) is 0.678. The van der Waals surface area contributed by atoms with E-state index in [1.807, 2.05) is 18.2 Å². The molecule has 1 rings (SSSR count). The van der Waals surface area contributed by atoms with Crippen LogP contribution in [0.25, 0.3) is 0 Å². The Morgan fingerprint density at radius 3 is 2.93 bits per heavy atom. The average molecular weight is 209 g/mol. The summed E-state index contributed by atoms with van der Waals surface area (Å²) in [6, 6.07) is 7.41. The predicted molar refractivity (Wildman–Crippen MR) is 59.6 cm³/mol. The molecule has 74 valence electrons. The summed E-state index contributed by atoms with van der Waals surface area (Å²) < 4.78 is 0. The van der Waals surface area contributed by atoms with Crippen molar-refractivity contribution in [1.82, 2.24) is 0 Å². The highest BCUT2D eigenvalue weighted by atomic mass is 35.5. The first kappa shape index (κ1) is 11.0. The standard InChI is InChI=1S/C12H13ClO/c1-2-3-7-12(14)9-10-5-4-6-11(13)8-10/h2,4-6,8H,1,3,7,9H2. The zero-order valence-corrected chi connectivity index (χ0v) is 8.76. The fourth-order valence-corrected chi connectivity index (χ4v) is 1.44. The van der Waals surface area contributed by atoms with Gasteiger partial charge in [-0.3, -0.25) is 4.79 Å². The SMILES string of the molecule is C=CCCC(=O)Cc1cccc(Cl)c1. The summed E-state index contributed by atoms with van der Waals surface area (Å²) in [6.45, 7) is 3.58. The number of carbonyl (C=O) groups is 1. The Bertz CT molecular complexity index is 331. The Kier molecular flexibility index (Phi) is 4.41. The van der Waals surface area contributed by atoms with E-state index in [4.69, 9.17) is 11.6 Å². The molecule has 0 aliphatic rings. The predicted octanol–water partition coefficient (Wildman–Crippen LogP) is 3.42. The van der Waals surface area contributed by atoms with Gasteiger partial charge in [-0.1, -0.05) is 29.8 Å². The molecule has 1 aromatic rings. The second-order valence-electron chi connectivity index (χ2n) is 3.17. The molecule has 0 spiro atoms. The minimum absolute atomic E-state index is 0.229. The van der Waals surface area contributed by atoms with E-state index in [2.05, 4.69) is 6.58 Å². The lowest BCUT2D eigenvalue weighted by atomic mass is 10.1. The molecule has 0 unspecified atom stereocenters. The summed E-state index contributed by atoms with van der Waals surface area (Å²) >= 11 is 5.81. The minimum Gasteiger partial charge on any atom is -0.299 e. The number of carbonyl (C=O) groups excluding carboxylic acids is 1. The number of Topliss-reactive ketones (excluding diaryl/α,β-unsaturated/α-hetero) is 1. The van der Waals surface area contributed by atoms with Gasteiger partial charge in [0.2, 0.25) is 0 Å². The Hall–Kier alpha value is -1.08. The highest BCUT2D eigenvalue weighted by Gasteiger charge is 2.02. The van der Waals surface area contributed by atoms with Crippen LogP contribution in [-0.4, -0.2) is 5.78 Å². The van der Waals surface area contributed by atoms with Crippen molar-refractivity contribution >= 4 is 17.4 Å². The molecule has 0 aliphatic carbocycles. The smallest absolute Gasteiger partial charge is 0.137 e. The fraction of sp³-hybridized carbons (Fsp3) is 0.250. The molecular formula is C12H13ClO. The normalized spacial score (nSPS) is 9.79. The monoisotopic (exact) mass is 208 g/mol. The number of halogens is 1. The summed E-state index contributed by atoms with van der Waals surface area (Å²) in [7, 11) is 0. The van der Waals surface area contributed by atoms with Crippen LogP contribution in [0.3, 0.4) is 0 Å². The molecule has 14 heavy (non-hydrogen) atoms. The van der Waals surface area contributed by atoms with E-state index in [0.29, 0.717) is 17.9 Å². The molecule has 2 heteroatoms. The second-order valence-corrected chi connectivity index (χ2v) is 3.61. The van der Waals surface area contributed by atoms with Gasteiger partial charge in [0.15, 0.2) is 0 Å². The van der Waals surface area contributed by atoms with Crippen LogP contribution in [0.15, 0.2) is 36.9 Å². The first-order chi connectivity index (χ1) is 6.72. The van der Waals surface area contributed by atoms with Crippen LogP contribution < -0.4 is 0 Å². The highest BCUT2D eigenvalue weighted by Crippen LogP contribution is 2.12. The van der Waals surface area contributed by atoms with E-state index >= 15 is 0 Å². The molecular weight excluding hydrogens is 196 g/mol. The molecule has 0 bridgehead atoms. The Balaban J connectivity index is 2.51. The summed E-state index contributed by atoms with van der Waals surface area (Å²) in [6.07, 6.45) is 3.54. The Labute approximate surface area is 89.4 Å². The topological polar surface area (TPSA) is 17.1 Å². The van der Waals surface area contributed by atoms with Crippen molar-refractivity contribution < 1.29 is 4.79 Å². The summed E-state index contributed by atoms with van der Waals surface area (Å²) in [5.41, 5.74) is 0.978. The third kappa shape index (κ3) is 3.75. The lowest BCUT2D eigenvalue weighted by Gasteiger charge is -2.00. The molecule has 0 saturated heterocycles. The van der Waals surface area contributed by atoms with Gasteiger partial charge in [-0.15, -0.1) is 6.58 Å². The van der Waals surface area contributed by atoms with Gasteiger partial charge in [0, 0.05) is 17.9 Å². The highest BCUT2D eigenvalue weighted by molar-refractivity contribution is 6.30. The first-order valence-electron chi connectivity index (χ1n) is 4.59. The van der Waals surface area contributed by atoms with Crippen molar-refractivity contribution in [3.63, 3.8) is 0 Å². The molecule has 0 N–H and O–H groups in total. The largest absolute Gasteiger partial charge is 0.299 e. The molecule has 0 aromatic heterocycles. The molecule has 0 aliphatic heterocycles. The maximum Gasteiger partial charge on any atom is 0.137 e. The first-order valence-corrected chi connectivity index (χ1v) is 4.97. The summed E-state index contributed by atoms with van der Waals surface area (Å²) in [4.78, 5) is 11.4. The Morgan fingerprint density at radius 1 is 1.50 bits per heavy atom. The number of hydrogen-bond acceptors (Lipinski definition) is 1. The van der Waals surface area contributed by atoms with Crippen molar-refractivity contribution in [2.24, 2.45) is 0 Å². The van der Waals surface area contributed by atoms with E-state index < -0.39 is 0 Å². The maximum absolute atomic E-state index is 11.4. The van der Waals surface area contributed by atoms with Gasteiger partial charge in [0.25, 0.3) is 0 Å². The Morgan fingerprint density at radius 2 is 2.29 bits per heavy atom. The third-order valence-corrected chi connectivity index (χ3v) is 2.15. The molecule has 0 amide bonds. The maximum atomic E-state index is 11.4. The molecule has 0 radical (unpaired) electrons. The van der Waals surface area contributed by atoms with Crippen LogP contribution in [0.5, 0.6) is 0 Å². The van der Waals surface area contributed by atoms with Gasteiger partial charge in [-0.25, -0.2) is 0 Å². The van der Waals surface area contributed by atoms with E-state index in [1.54, 1.807) is 12.1 Å². The molecule has 1 nitrogen and oxygen atoms in total. The fourth-order valence-electron chi connectivity index (χ4n) is 1.23. The van der Waals surface area contributed by atoms with Crippen LogP contribution in [0, 0.1) is 0 Å². The van der Waals surface area contributed by atoms with Crippen molar-refractivity contribution in [3.8, 4) is 0 Å². The molecule has 0 saturated carbocycles. The number of rotatable bonds is 5. The van der Waals surface area contributed by atoms with Gasteiger partial charge < -0.3 is 0 Å². The van der Waals surface area contributed by atoms with Gasteiger partial charge in [0.1, 0.15) is 5.78 Å². The lowest BCUT2D eigenvalue weighted by Crippen LogP contribution is -2.01. The zero-order chi connectivity index (χ0) is 10.4. The molecule has 0 atom stereocenters. The summed E-state index contributed by atoms with van der Waals surface area (Å²) in [5.74, 6) is 0.229.